The fourth-order valence-electron chi connectivity index (χ4n) is 2.48. The second-order valence-corrected chi connectivity index (χ2v) is 5.97. The van der Waals surface area contributed by atoms with E-state index in [1.54, 1.807) is 6.07 Å². The molecule has 0 spiro atoms. The smallest absolute Gasteiger partial charge is 0.258 e. The van der Waals surface area contributed by atoms with E-state index in [1.807, 2.05) is 29.2 Å². The normalized spacial score (nSPS) is 15.3. The van der Waals surface area contributed by atoms with Crippen LogP contribution in [0, 0.1) is 0 Å². The fraction of sp³-hybridized carbons (Fsp3) is 0.267. The minimum atomic E-state index is -0.00515. The van der Waals surface area contributed by atoms with Crippen LogP contribution in [0.2, 0.25) is 5.02 Å². The molecule has 0 bridgehead atoms. The van der Waals surface area contributed by atoms with Crippen LogP contribution in [0.1, 0.15) is 10.4 Å². The molecule has 110 valence electrons. The zero-order valence-corrected chi connectivity index (χ0v) is 13.6. The number of anilines is 1. The van der Waals surface area contributed by atoms with Crippen molar-refractivity contribution in [2.24, 2.45) is 0 Å². The van der Waals surface area contributed by atoms with Crippen LogP contribution in [-0.2, 0) is 0 Å². The summed E-state index contributed by atoms with van der Waals surface area (Å²) in [5.41, 5.74) is 1.59. The van der Waals surface area contributed by atoms with Crippen molar-refractivity contribution in [3.63, 3.8) is 0 Å². The predicted molar refractivity (Wildman–Crippen MR) is 86.0 cm³/mol. The average molecular weight is 370 g/mol. The van der Waals surface area contributed by atoms with E-state index in [4.69, 9.17) is 16.0 Å². The largest absolute Gasteiger partial charge is 0.457 e. The Kier molecular flexibility index (Phi) is 4.22. The highest BCUT2D eigenvalue weighted by atomic mass is 79.9. The fourth-order valence-corrected chi connectivity index (χ4v) is 3.14. The number of carbonyl (C=O) groups excluding carboxylic acids is 1. The van der Waals surface area contributed by atoms with Crippen molar-refractivity contribution in [2.75, 3.05) is 31.1 Å². The topological polar surface area (TPSA) is 36.7 Å². The van der Waals surface area contributed by atoms with Gasteiger partial charge in [-0.1, -0.05) is 23.7 Å². The van der Waals surface area contributed by atoms with Crippen LogP contribution in [0.15, 0.2) is 45.7 Å². The molecule has 2 aromatic rings. The third kappa shape index (κ3) is 2.94. The second-order valence-electron chi connectivity index (χ2n) is 4.84. The third-order valence-corrected chi connectivity index (χ3v) is 4.54. The maximum atomic E-state index is 12.4. The number of amides is 1. The monoisotopic (exact) mass is 368 g/mol. The summed E-state index contributed by atoms with van der Waals surface area (Å²) in [7, 11) is 0. The van der Waals surface area contributed by atoms with Gasteiger partial charge in [0.2, 0.25) is 0 Å². The Labute approximate surface area is 136 Å². The Morgan fingerprint density at radius 2 is 1.86 bits per heavy atom. The lowest BCUT2D eigenvalue weighted by Crippen LogP contribution is -2.48. The molecule has 0 saturated carbocycles. The number of rotatable bonds is 2. The number of hydrogen-bond acceptors (Lipinski definition) is 3. The first kappa shape index (κ1) is 14.5. The molecule has 0 radical (unpaired) electrons. The Hall–Kier alpha value is -1.46. The molecule has 0 aliphatic carbocycles. The van der Waals surface area contributed by atoms with Gasteiger partial charge in [-0.3, -0.25) is 4.79 Å². The summed E-state index contributed by atoms with van der Waals surface area (Å²) in [5.74, 6) is -0.00515. The summed E-state index contributed by atoms with van der Waals surface area (Å²) in [5, 5.41) is 0.745. The van der Waals surface area contributed by atoms with Crippen LogP contribution in [0.25, 0.3) is 0 Å². The van der Waals surface area contributed by atoms with Crippen LogP contribution in [0.4, 0.5) is 5.69 Å². The first-order chi connectivity index (χ1) is 10.2. The van der Waals surface area contributed by atoms with Gasteiger partial charge in [-0.05, 0) is 34.1 Å². The van der Waals surface area contributed by atoms with Gasteiger partial charge in [-0.15, -0.1) is 0 Å². The average Bonchev–Trinajstić information content (AvgIpc) is 2.93. The Morgan fingerprint density at radius 1 is 1.14 bits per heavy atom. The van der Waals surface area contributed by atoms with Crippen LogP contribution in [-0.4, -0.2) is 37.0 Å². The zero-order chi connectivity index (χ0) is 14.8. The first-order valence-corrected chi connectivity index (χ1v) is 7.85. The molecule has 1 aliphatic heterocycles. The van der Waals surface area contributed by atoms with E-state index >= 15 is 0 Å². The van der Waals surface area contributed by atoms with Gasteiger partial charge in [-0.2, -0.15) is 0 Å². The van der Waals surface area contributed by atoms with Gasteiger partial charge >= 0.3 is 0 Å². The van der Waals surface area contributed by atoms with E-state index in [9.17, 15) is 4.79 Å². The van der Waals surface area contributed by atoms with Crippen LogP contribution < -0.4 is 4.90 Å². The molecule has 1 aromatic heterocycles. The molecule has 1 fully saturated rings. The van der Waals surface area contributed by atoms with E-state index in [0.717, 1.165) is 23.8 Å². The Bertz CT molecular complexity index is 651. The minimum absolute atomic E-state index is 0.00515. The quantitative estimate of drug-likeness (QED) is 0.810. The number of halogens is 2. The van der Waals surface area contributed by atoms with Crippen molar-refractivity contribution < 1.29 is 9.21 Å². The van der Waals surface area contributed by atoms with E-state index < -0.39 is 0 Å². The molecule has 1 amide bonds. The standard InChI is InChI=1S/C15H14BrClN2O2/c16-14-11(5-10-21-14)15(20)19-8-6-18(7-9-19)13-4-2-1-3-12(13)17/h1-5,10H,6-9H2. The summed E-state index contributed by atoms with van der Waals surface area (Å²) >= 11 is 9.47. The van der Waals surface area contributed by atoms with Gasteiger partial charge in [0.25, 0.3) is 5.91 Å². The molecule has 2 heterocycles. The van der Waals surface area contributed by atoms with Gasteiger partial charge in [0.1, 0.15) is 0 Å². The molecule has 21 heavy (non-hydrogen) atoms. The molecular weight excluding hydrogens is 356 g/mol. The minimum Gasteiger partial charge on any atom is -0.457 e. The van der Waals surface area contributed by atoms with Crippen molar-refractivity contribution >= 4 is 39.1 Å². The maximum Gasteiger partial charge on any atom is 0.258 e. The SMILES string of the molecule is O=C(c1ccoc1Br)N1CCN(c2ccccc2Cl)CC1. The lowest BCUT2D eigenvalue weighted by atomic mass is 10.2. The number of hydrogen-bond donors (Lipinski definition) is 0. The van der Waals surface area contributed by atoms with Crippen LogP contribution in [0.5, 0.6) is 0 Å². The summed E-state index contributed by atoms with van der Waals surface area (Å²) in [6.45, 7) is 2.87. The lowest BCUT2D eigenvalue weighted by Gasteiger charge is -2.36. The molecule has 0 atom stereocenters. The molecular formula is C15H14BrClN2O2. The molecule has 0 unspecified atom stereocenters. The van der Waals surface area contributed by atoms with Crippen molar-refractivity contribution in [3.8, 4) is 0 Å². The van der Waals surface area contributed by atoms with Crippen molar-refractivity contribution in [1.29, 1.82) is 0 Å². The van der Waals surface area contributed by atoms with E-state index in [2.05, 4.69) is 20.8 Å². The maximum absolute atomic E-state index is 12.4. The highest BCUT2D eigenvalue weighted by Gasteiger charge is 2.25. The number of carbonyl (C=O) groups is 1. The third-order valence-electron chi connectivity index (χ3n) is 3.61. The number of nitrogens with zero attached hydrogens (tertiary/aromatic N) is 2. The van der Waals surface area contributed by atoms with E-state index in [1.165, 1.54) is 6.26 Å². The molecule has 6 heteroatoms. The summed E-state index contributed by atoms with van der Waals surface area (Å²) in [6.07, 6.45) is 1.51. The highest BCUT2D eigenvalue weighted by Crippen LogP contribution is 2.27. The molecule has 1 aromatic carbocycles. The van der Waals surface area contributed by atoms with Gasteiger partial charge in [0.05, 0.1) is 22.5 Å². The van der Waals surface area contributed by atoms with Crippen molar-refractivity contribution in [3.05, 3.63) is 51.9 Å². The van der Waals surface area contributed by atoms with Gasteiger partial charge in [0.15, 0.2) is 4.67 Å². The molecule has 3 rings (SSSR count). The van der Waals surface area contributed by atoms with Gasteiger partial charge in [-0.25, -0.2) is 0 Å². The van der Waals surface area contributed by atoms with Crippen molar-refractivity contribution in [2.45, 2.75) is 0 Å². The highest BCUT2D eigenvalue weighted by molar-refractivity contribution is 9.10. The van der Waals surface area contributed by atoms with E-state index in [0.29, 0.717) is 23.3 Å². The summed E-state index contributed by atoms with van der Waals surface area (Å²) in [6, 6.07) is 9.47. The second kappa shape index (κ2) is 6.12. The molecule has 1 aliphatic rings. The zero-order valence-electron chi connectivity index (χ0n) is 11.3. The number of benzene rings is 1. The predicted octanol–water partition coefficient (Wildman–Crippen LogP) is 3.66. The summed E-state index contributed by atoms with van der Waals surface area (Å²) < 4.78 is 5.61. The number of piperazine rings is 1. The van der Waals surface area contributed by atoms with Crippen LogP contribution in [0.3, 0.4) is 0 Å². The molecule has 1 saturated heterocycles. The van der Waals surface area contributed by atoms with E-state index in [-0.39, 0.29) is 5.91 Å². The molecule has 0 N–H and O–H groups in total. The summed E-state index contributed by atoms with van der Waals surface area (Å²) in [4.78, 5) is 16.4. The van der Waals surface area contributed by atoms with Gasteiger partial charge in [0, 0.05) is 26.2 Å². The van der Waals surface area contributed by atoms with Crippen LogP contribution >= 0.6 is 27.5 Å². The van der Waals surface area contributed by atoms with Gasteiger partial charge < -0.3 is 14.2 Å². The molecule has 4 nitrogen and oxygen atoms in total. The number of para-hydroxylation sites is 1. The van der Waals surface area contributed by atoms with Crippen molar-refractivity contribution in [1.82, 2.24) is 4.90 Å². The Morgan fingerprint density at radius 3 is 2.48 bits per heavy atom. The first-order valence-electron chi connectivity index (χ1n) is 6.68. The lowest BCUT2D eigenvalue weighted by molar-refractivity contribution is 0.0745. The number of furan rings is 1. The Balaban J connectivity index is 1.67.